The monoisotopic (exact) mass is 218 g/mol. The normalized spacial score (nSPS) is 16.1. The highest BCUT2D eigenvalue weighted by atomic mass is 19.1. The molecule has 3 nitrogen and oxygen atoms in total. The fourth-order valence-electron chi connectivity index (χ4n) is 1.73. The molecule has 1 aromatic heterocycles. The standard InChI is InChI=1S/C12H11FN2O/c13-10-4-2-1-3-9(10)12-15-11(7-16-12)8-5-14-6-8/h1-4,7-8,14H,5-6H2. The largest absolute Gasteiger partial charge is 0.444 e. The van der Waals surface area contributed by atoms with E-state index in [0.29, 0.717) is 17.4 Å². The van der Waals surface area contributed by atoms with Crippen LogP contribution in [-0.4, -0.2) is 18.1 Å². The van der Waals surface area contributed by atoms with Crippen LogP contribution in [0.2, 0.25) is 0 Å². The van der Waals surface area contributed by atoms with Gasteiger partial charge in [0.25, 0.3) is 0 Å². The lowest BCUT2D eigenvalue weighted by molar-refractivity contribution is 0.438. The van der Waals surface area contributed by atoms with Gasteiger partial charge in [0.2, 0.25) is 5.89 Å². The Hall–Kier alpha value is -1.68. The molecule has 2 aromatic rings. The van der Waals surface area contributed by atoms with E-state index in [9.17, 15) is 4.39 Å². The first-order chi connectivity index (χ1) is 7.84. The van der Waals surface area contributed by atoms with Gasteiger partial charge in [-0.25, -0.2) is 9.37 Å². The first-order valence-corrected chi connectivity index (χ1v) is 5.25. The molecule has 0 unspecified atom stereocenters. The van der Waals surface area contributed by atoms with Gasteiger partial charge < -0.3 is 9.73 Å². The molecule has 0 spiro atoms. The van der Waals surface area contributed by atoms with Crippen LogP contribution < -0.4 is 5.32 Å². The second kappa shape index (κ2) is 3.72. The molecule has 1 aliphatic rings. The Morgan fingerprint density at radius 1 is 1.31 bits per heavy atom. The molecule has 0 amide bonds. The fourth-order valence-corrected chi connectivity index (χ4v) is 1.73. The van der Waals surface area contributed by atoms with Gasteiger partial charge in [0.1, 0.15) is 12.1 Å². The third-order valence-corrected chi connectivity index (χ3v) is 2.83. The molecule has 0 aliphatic carbocycles. The number of halogens is 1. The lowest BCUT2D eigenvalue weighted by Gasteiger charge is -2.24. The van der Waals surface area contributed by atoms with Crippen LogP contribution in [0.1, 0.15) is 11.6 Å². The van der Waals surface area contributed by atoms with Crippen molar-refractivity contribution >= 4 is 0 Å². The van der Waals surface area contributed by atoms with Crippen molar-refractivity contribution in [2.24, 2.45) is 0 Å². The van der Waals surface area contributed by atoms with Gasteiger partial charge in [-0.15, -0.1) is 0 Å². The number of hydrogen-bond donors (Lipinski definition) is 1. The summed E-state index contributed by atoms with van der Waals surface area (Å²) in [6.45, 7) is 1.84. The molecule has 2 heterocycles. The number of nitrogens with one attached hydrogen (secondary N) is 1. The van der Waals surface area contributed by atoms with Crippen LogP contribution in [0.3, 0.4) is 0 Å². The van der Waals surface area contributed by atoms with Crippen molar-refractivity contribution in [2.45, 2.75) is 5.92 Å². The summed E-state index contributed by atoms with van der Waals surface area (Å²) in [5, 5.41) is 3.16. The van der Waals surface area contributed by atoms with Crippen molar-refractivity contribution in [3.05, 3.63) is 42.0 Å². The van der Waals surface area contributed by atoms with Crippen LogP contribution >= 0.6 is 0 Å². The van der Waals surface area contributed by atoms with Gasteiger partial charge in [-0.3, -0.25) is 0 Å². The van der Waals surface area contributed by atoms with Crippen LogP contribution in [0, 0.1) is 5.82 Å². The SMILES string of the molecule is Fc1ccccc1-c1nc(C2CNC2)co1. The molecule has 0 radical (unpaired) electrons. The van der Waals surface area contributed by atoms with Crippen LogP contribution in [0.25, 0.3) is 11.5 Å². The molecule has 16 heavy (non-hydrogen) atoms. The number of oxazole rings is 1. The molecule has 0 atom stereocenters. The zero-order valence-corrected chi connectivity index (χ0v) is 8.61. The minimum Gasteiger partial charge on any atom is -0.444 e. The quantitative estimate of drug-likeness (QED) is 0.839. The molecular formula is C12H11FN2O. The molecule has 1 N–H and O–H groups in total. The fraction of sp³-hybridized carbons (Fsp3) is 0.250. The Morgan fingerprint density at radius 3 is 2.81 bits per heavy atom. The molecule has 3 rings (SSSR count). The third-order valence-electron chi connectivity index (χ3n) is 2.83. The summed E-state index contributed by atoms with van der Waals surface area (Å²) in [6, 6.07) is 6.50. The Morgan fingerprint density at radius 2 is 2.12 bits per heavy atom. The molecular weight excluding hydrogens is 207 g/mol. The minimum atomic E-state index is -0.303. The maximum atomic E-state index is 13.5. The van der Waals surface area contributed by atoms with E-state index in [1.807, 2.05) is 0 Å². The summed E-state index contributed by atoms with van der Waals surface area (Å²) in [5.41, 5.74) is 1.32. The average Bonchev–Trinajstić information content (AvgIpc) is 2.65. The molecule has 1 fully saturated rings. The van der Waals surface area contributed by atoms with Crippen molar-refractivity contribution in [1.82, 2.24) is 10.3 Å². The Bertz CT molecular complexity index is 505. The van der Waals surface area contributed by atoms with Crippen LogP contribution in [0.5, 0.6) is 0 Å². The van der Waals surface area contributed by atoms with E-state index in [-0.39, 0.29) is 5.82 Å². The van der Waals surface area contributed by atoms with E-state index in [0.717, 1.165) is 18.8 Å². The van der Waals surface area contributed by atoms with E-state index in [1.165, 1.54) is 6.07 Å². The van der Waals surface area contributed by atoms with Gasteiger partial charge in [-0.05, 0) is 12.1 Å². The third kappa shape index (κ3) is 1.51. The zero-order valence-electron chi connectivity index (χ0n) is 8.61. The first kappa shape index (κ1) is 9.54. The maximum Gasteiger partial charge on any atom is 0.229 e. The van der Waals surface area contributed by atoms with Crippen molar-refractivity contribution in [2.75, 3.05) is 13.1 Å². The van der Waals surface area contributed by atoms with Crippen molar-refractivity contribution < 1.29 is 8.81 Å². The zero-order chi connectivity index (χ0) is 11.0. The second-order valence-electron chi connectivity index (χ2n) is 3.91. The van der Waals surface area contributed by atoms with Gasteiger partial charge >= 0.3 is 0 Å². The number of hydrogen-bond acceptors (Lipinski definition) is 3. The van der Waals surface area contributed by atoms with E-state index in [4.69, 9.17) is 4.42 Å². The predicted octanol–water partition coefficient (Wildman–Crippen LogP) is 2.17. The lowest BCUT2D eigenvalue weighted by atomic mass is 10.0. The lowest BCUT2D eigenvalue weighted by Crippen LogP contribution is -2.40. The van der Waals surface area contributed by atoms with Gasteiger partial charge in [-0.2, -0.15) is 0 Å². The summed E-state index contributed by atoms with van der Waals surface area (Å²) in [7, 11) is 0. The summed E-state index contributed by atoms with van der Waals surface area (Å²) < 4.78 is 18.8. The summed E-state index contributed by atoms with van der Waals surface area (Å²) in [4.78, 5) is 4.32. The molecule has 1 aromatic carbocycles. The second-order valence-corrected chi connectivity index (χ2v) is 3.91. The van der Waals surface area contributed by atoms with Crippen molar-refractivity contribution in [3.63, 3.8) is 0 Å². The van der Waals surface area contributed by atoms with Crippen LogP contribution in [-0.2, 0) is 0 Å². The first-order valence-electron chi connectivity index (χ1n) is 5.25. The summed E-state index contributed by atoms with van der Waals surface area (Å²) in [6.07, 6.45) is 1.62. The Labute approximate surface area is 92.3 Å². The molecule has 4 heteroatoms. The summed E-state index contributed by atoms with van der Waals surface area (Å²) in [5.74, 6) is 0.465. The Balaban J connectivity index is 1.95. The minimum absolute atomic E-state index is 0.303. The van der Waals surface area contributed by atoms with E-state index in [1.54, 1.807) is 24.5 Å². The van der Waals surface area contributed by atoms with Crippen LogP contribution in [0.4, 0.5) is 4.39 Å². The van der Waals surface area contributed by atoms with Gasteiger partial charge in [0.05, 0.1) is 11.3 Å². The molecule has 82 valence electrons. The van der Waals surface area contributed by atoms with E-state index >= 15 is 0 Å². The highest BCUT2D eigenvalue weighted by Gasteiger charge is 2.23. The molecule has 1 saturated heterocycles. The molecule has 0 bridgehead atoms. The van der Waals surface area contributed by atoms with Crippen molar-refractivity contribution in [3.8, 4) is 11.5 Å². The van der Waals surface area contributed by atoms with Crippen LogP contribution in [0.15, 0.2) is 34.9 Å². The number of nitrogens with zero attached hydrogens (tertiary/aromatic N) is 1. The molecule has 0 saturated carbocycles. The van der Waals surface area contributed by atoms with Gasteiger partial charge in [0, 0.05) is 19.0 Å². The number of aromatic nitrogens is 1. The smallest absolute Gasteiger partial charge is 0.229 e. The number of benzene rings is 1. The highest BCUT2D eigenvalue weighted by Crippen LogP contribution is 2.25. The van der Waals surface area contributed by atoms with Gasteiger partial charge in [0.15, 0.2) is 0 Å². The average molecular weight is 218 g/mol. The highest BCUT2D eigenvalue weighted by molar-refractivity contribution is 5.54. The van der Waals surface area contributed by atoms with E-state index < -0.39 is 0 Å². The predicted molar refractivity (Wildman–Crippen MR) is 57.5 cm³/mol. The van der Waals surface area contributed by atoms with Gasteiger partial charge in [-0.1, -0.05) is 12.1 Å². The number of rotatable bonds is 2. The van der Waals surface area contributed by atoms with E-state index in [2.05, 4.69) is 10.3 Å². The Kier molecular flexibility index (Phi) is 2.22. The molecule has 1 aliphatic heterocycles. The topological polar surface area (TPSA) is 38.1 Å². The maximum absolute atomic E-state index is 13.5. The summed E-state index contributed by atoms with van der Waals surface area (Å²) >= 11 is 0. The van der Waals surface area contributed by atoms with Crippen molar-refractivity contribution in [1.29, 1.82) is 0 Å².